The molecule has 0 fully saturated rings. The van der Waals surface area contributed by atoms with Crippen LogP contribution in [0.1, 0.15) is 35.4 Å². The number of rotatable bonds is 7. The molecule has 0 amide bonds. The molecular formula is C20H23NO2. The van der Waals surface area contributed by atoms with Crippen molar-refractivity contribution in [2.24, 2.45) is 0 Å². The number of methoxy groups -OCH3 is 1. The van der Waals surface area contributed by atoms with Gasteiger partial charge in [-0.2, -0.15) is 5.26 Å². The molecule has 0 heterocycles. The summed E-state index contributed by atoms with van der Waals surface area (Å²) in [7, 11) is 1.64. The van der Waals surface area contributed by atoms with Gasteiger partial charge in [0.05, 0.1) is 25.7 Å². The summed E-state index contributed by atoms with van der Waals surface area (Å²) in [6.45, 7) is 4.64. The van der Waals surface area contributed by atoms with E-state index in [1.807, 2.05) is 56.3 Å². The average molecular weight is 309 g/mol. The van der Waals surface area contributed by atoms with Crippen molar-refractivity contribution in [3.05, 3.63) is 59.2 Å². The Labute approximate surface area is 138 Å². The summed E-state index contributed by atoms with van der Waals surface area (Å²) in [5.41, 5.74) is 3.42. The maximum Gasteiger partial charge on any atom is 0.161 e. The van der Waals surface area contributed by atoms with E-state index in [-0.39, 0.29) is 5.92 Å². The second-order valence-electron chi connectivity index (χ2n) is 5.74. The molecule has 0 radical (unpaired) electrons. The smallest absolute Gasteiger partial charge is 0.161 e. The molecule has 2 aromatic carbocycles. The lowest BCUT2D eigenvalue weighted by molar-refractivity contribution is 0.285. The summed E-state index contributed by atoms with van der Waals surface area (Å²) in [4.78, 5) is 0. The summed E-state index contributed by atoms with van der Waals surface area (Å²) >= 11 is 0. The Balaban J connectivity index is 1.87. The summed E-state index contributed by atoms with van der Waals surface area (Å²) < 4.78 is 11.1. The van der Waals surface area contributed by atoms with Gasteiger partial charge < -0.3 is 9.47 Å². The van der Waals surface area contributed by atoms with Crippen molar-refractivity contribution in [2.45, 2.75) is 32.6 Å². The number of ether oxygens (including phenoxy) is 2. The third-order valence-electron chi connectivity index (χ3n) is 3.85. The van der Waals surface area contributed by atoms with Crippen LogP contribution in [0.5, 0.6) is 11.5 Å². The van der Waals surface area contributed by atoms with Crippen LogP contribution in [0.15, 0.2) is 42.5 Å². The Morgan fingerprint density at radius 1 is 1.00 bits per heavy atom. The molecule has 0 aromatic heterocycles. The number of nitrogens with zero attached hydrogens (tertiary/aromatic N) is 1. The van der Waals surface area contributed by atoms with E-state index in [0.717, 1.165) is 35.5 Å². The molecule has 0 aliphatic carbocycles. The molecule has 3 nitrogen and oxygen atoms in total. The molecule has 23 heavy (non-hydrogen) atoms. The van der Waals surface area contributed by atoms with E-state index in [2.05, 4.69) is 6.07 Å². The maximum absolute atomic E-state index is 9.37. The summed E-state index contributed by atoms with van der Waals surface area (Å²) in [5.74, 6) is 1.42. The van der Waals surface area contributed by atoms with Crippen LogP contribution >= 0.6 is 0 Å². The van der Waals surface area contributed by atoms with E-state index in [1.165, 1.54) is 5.56 Å². The highest BCUT2D eigenvalue weighted by molar-refractivity contribution is 5.42. The fourth-order valence-corrected chi connectivity index (χ4v) is 2.47. The lowest BCUT2D eigenvalue weighted by Crippen LogP contribution is -2.03. The molecule has 0 bridgehead atoms. The van der Waals surface area contributed by atoms with Crippen LogP contribution in [0.25, 0.3) is 0 Å². The molecule has 0 aliphatic heterocycles. The zero-order chi connectivity index (χ0) is 16.7. The van der Waals surface area contributed by atoms with Gasteiger partial charge in [-0.3, -0.25) is 0 Å². The van der Waals surface area contributed by atoms with E-state index in [1.54, 1.807) is 7.11 Å². The van der Waals surface area contributed by atoms with Crippen LogP contribution in [0, 0.1) is 25.2 Å². The molecule has 0 aliphatic rings. The number of hydrogen-bond acceptors (Lipinski definition) is 3. The standard InChI is InChI=1S/C20H23NO2/c1-15-6-9-17(10-7-15)18(14-21)5-4-12-23-19-11-8-16(2)13-20(19)22-3/h6-11,13,18H,4-5,12H2,1-3H3. The topological polar surface area (TPSA) is 42.2 Å². The molecule has 0 saturated heterocycles. The van der Waals surface area contributed by atoms with Gasteiger partial charge in [0.2, 0.25) is 0 Å². The van der Waals surface area contributed by atoms with Crippen molar-refractivity contribution in [3.8, 4) is 17.6 Å². The first kappa shape index (κ1) is 16.9. The molecular weight excluding hydrogens is 286 g/mol. The zero-order valence-electron chi connectivity index (χ0n) is 14.0. The fourth-order valence-electron chi connectivity index (χ4n) is 2.47. The molecule has 0 saturated carbocycles. The number of hydrogen-bond donors (Lipinski definition) is 0. The van der Waals surface area contributed by atoms with E-state index in [4.69, 9.17) is 9.47 Å². The third kappa shape index (κ3) is 4.75. The van der Waals surface area contributed by atoms with E-state index in [0.29, 0.717) is 6.61 Å². The van der Waals surface area contributed by atoms with Crippen molar-refractivity contribution >= 4 is 0 Å². The minimum Gasteiger partial charge on any atom is -0.493 e. The van der Waals surface area contributed by atoms with Gasteiger partial charge in [-0.05, 0) is 49.9 Å². The first-order valence-electron chi connectivity index (χ1n) is 7.87. The van der Waals surface area contributed by atoms with Crippen LogP contribution in [0.3, 0.4) is 0 Å². The largest absolute Gasteiger partial charge is 0.493 e. The van der Waals surface area contributed by atoms with Crippen molar-refractivity contribution in [3.63, 3.8) is 0 Å². The molecule has 120 valence electrons. The lowest BCUT2D eigenvalue weighted by atomic mass is 9.95. The summed E-state index contributed by atoms with van der Waals surface area (Å²) in [6, 6.07) is 16.4. The van der Waals surface area contributed by atoms with Gasteiger partial charge in [0.25, 0.3) is 0 Å². The van der Waals surface area contributed by atoms with Gasteiger partial charge in [0, 0.05) is 0 Å². The Kier molecular flexibility index (Phi) is 6.05. The van der Waals surface area contributed by atoms with Crippen molar-refractivity contribution in [2.75, 3.05) is 13.7 Å². The van der Waals surface area contributed by atoms with Crippen LogP contribution in [-0.4, -0.2) is 13.7 Å². The normalized spacial score (nSPS) is 11.6. The maximum atomic E-state index is 9.37. The Morgan fingerprint density at radius 3 is 2.35 bits per heavy atom. The minimum atomic E-state index is -0.0842. The predicted octanol–water partition coefficient (Wildman–Crippen LogP) is 4.78. The van der Waals surface area contributed by atoms with Crippen molar-refractivity contribution in [1.29, 1.82) is 5.26 Å². The molecule has 0 N–H and O–H groups in total. The Bertz CT molecular complexity index is 671. The highest BCUT2D eigenvalue weighted by atomic mass is 16.5. The van der Waals surface area contributed by atoms with Gasteiger partial charge >= 0.3 is 0 Å². The van der Waals surface area contributed by atoms with E-state index < -0.39 is 0 Å². The summed E-state index contributed by atoms with van der Waals surface area (Å²) in [6.07, 6.45) is 1.61. The monoisotopic (exact) mass is 309 g/mol. The first-order chi connectivity index (χ1) is 11.1. The molecule has 3 heteroatoms. The second kappa shape index (κ2) is 8.24. The van der Waals surface area contributed by atoms with Gasteiger partial charge in [-0.1, -0.05) is 35.9 Å². The number of aryl methyl sites for hydroxylation is 2. The fraction of sp³-hybridized carbons (Fsp3) is 0.350. The van der Waals surface area contributed by atoms with Crippen molar-refractivity contribution < 1.29 is 9.47 Å². The third-order valence-corrected chi connectivity index (χ3v) is 3.85. The van der Waals surface area contributed by atoms with Gasteiger partial charge in [0.1, 0.15) is 0 Å². The highest BCUT2D eigenvalue weighted by Crippen LogP contribution is 2.28. The first-order valence-corrected chi connectivity index (χ1v) is 7.87. The van der Waals surface area contributed by atoms with Gasteiger partial charge in [-0.15, -0.1) is 0 Å². The number of benzene rings is 2. The SMILES string of the molecule is COc1cc(C)ccc1OCCCC(C#N)c1ccc(C)cc1. The second-order valence-corrected chi connectivity index (χ2v) is 5.74. The van der Waals surface area contributed by atoms with E-state index >= 15 is 0 Å². The highest BCUT2D eigenvalue weighted by Gasteiger charge is 2.11. The van der Waals surface area contributed by atoms with Crippen LogP contribution < -0.4 is 9.47 Å². The molecule has 2 aromatic rings. The minimum absolute atomic E-state index is 0.0842. The van der Waals surface area contributed by atoms with Crippen LogP contribution in [0.2, 0.25) is 0 Å². The number of nitriles is 1. The van der Waals surface area contributed by atoms with Gasteiger partial charge in [0.15, 0.2) is 11.5 Å². The lowest BCUT2D eigenvalue weighted by Gasteiger charge is -2.13. The molecule has 0 spiro atoms. The molecule has 1 unspecified atom stereocenters. The van der Waals surface area contributed by atoms with Crippen LogP contribution in [-0.2, 0) is 0 Å². The molecule has 2 rings (SSSR count). The average Bonchev–Trinajstić information content (AvgIpc) is 2.57. The zero-order valence-corrected chi connectivity index (χ0v) is 14.0. The van der Waals surface area contributed by atoms with Crippen LogP contribution in [0.4, 0.5) is 0 Å². The summed E-state index contributed by atoms with van der Waals surface area (Å²) in [5, 5.41) is 9.37. The Morgan fingerprint density at radius 2 is 1.70 bits per heavy atom. The Hall–Kier alpha value is -2.47. The molecule has 1 atom stereocenters. The van der Waals surface area contributed by atoms with Crippen molar-refractivity contribution in [1.82, 2.24) is 0 Å². The van der Waals surface area contributed by atoms with Gasteiger partial charge in [-0.25, -0.2) is 0 Å². The van der Waals surface area contributed by atoms with E-state index in [9.17, 15) is 5.26 Å². The predicted molar refractivity (Wildman–Crippen MR) is 92.0 cm³/mol. The quantitative estimate of drug-likeness (QED) is 0.691.